The number of halogens is 1. The molecule has 0 atom stereocenters. The van der Waals surface area contributed by atoms with E-state index < -0.39 is 5.91 Å². The molecule has 2 saturated carbocycles. The van der Waals surface area contributed by atoms with Crippen molar-refractivity contribution in [1.82, 2.24) is 4.98 Å². The van der Waals surface area contributed by atoms with Crippen molar-refractivity contribution in [2.75, 3.05) is 25.1 Å². The highest BCUT2D eigenvalue weighted by atomic mass is 79.9. The van der Waals surface area contributed by atoms with Crippen LogP contribution in [0.25, 0.3) is 0 Å². The molecule has 174 valence electrons. The van der Waals surface area contributed by atoms with Gasteiger partial charge < -0.3 is 21.5 Å². The lowest BCUT2D eigenvalue weighted by atomic mass is 9.97. The lowest BCUT2D eigenvalue weighted by molar-refractivity contribution is 0.100. The van der Waals surface area contributed by atoms with Crippen LogP contribution in [-0.4, -0.2) is 42.2 Å². The molecule has 2 fully saturated rings. The number of nitrogens with zero attached hydrogens (tertiary/aromatic N) is 2. The van der Waals surface area contributed by atoms with E-state index in [0.717, 1.165) is 43.4 Å². The predicted molar refractivity (Wildman–Crippen MR) is 131 cm³/mol. The number of primary amides is 1. The Balaban J connectivity index is 0.000000522. The van der Waals surface area contributed by atoms with Gasteiger partial charge in [0.2, 0.25) is 0 Å². The number of anilines is 1. The maximum atomic E-state index is 11.4. The minimum atomic E-state index is -0.439. The molecule has 5 N–H and O–H groups in total. The van der Waals surface area contributed by atoms with E-state index in [1.54, 1.807) is 12.3 Å². The van der Waals surface area contributed by atoms with Crippen molar-refractivity contribution in [3.8, 4) is 0 Å². The molecule has 0 saturated heterocycles. The van der Waals surface area contributed by atoms with Crippen LogP contribution in [0.5, 0.6) is 0 Å². The fourth-order valence-electron chi connectivity index (χ4n) is 3.03. The summed E-state index contributed by atoms with van der Waals surface area (Å²) in [6.45, 7) is 8.24. The second-order valence-corrected chi connectivity index (χ2v) is 8.87. The van der Waals surface area contributed by atoms with Crippen LogP contribution < -0.4 is 16.4 Å². The van der Waals surface area contributed by atoms with Gasteiger partial charge in [0, 0.05) is 36.9 Å². The Labute approximate surface area is 191 Å². The van der Waals surface area contributed by atoms with E-state index in [9.17, 15) is 4.79 Å². The van der Waals surface area contributed by atoms with Gasteiger partial charge in [0.25, 0.3) is 5.91 Å². The van der Waals surface area contributed by atoms with Gasteiger partial charge >= 0.3 is 0 Å². The third-order valence-electron chi connectivity index (χ3n) is 4.90. The molecule has 1 heterocycles. The summed E-state index contributed by atoms with van der Waals surface area (Å²) < 4.78 is 0.767. The molecule has 0 radical (unpaired) electrons. The molecule has 3 rings (SSSR count). The molecule has 0 aliphatic heterocycles. The highest BCUT2D eigenvalue weighted by molar-refractivity contribution is 9.10. The Bertz CT molecular complexity index is 570. The first-order chi connectivity index (χ1) is 14.4. The van der Waals surface area contributed by atoms with E-state index in [0.29, 0.717) is 17.4 Å². The lowest BCUT2D eigenvalue weighted by Gasteiger charge is -2.24. The molecule has 0 unspecified atom stereocenters. The van der Waals surface area contributed by atoms with Crippen LogP contribution in [0.3, 0.4) is 0 Å². The minimum Gasteiger partial charge on any atom is -0.400 e. The van der Waals surface area contributed by atoms with Crippen LogP contribution in [0.15, 0.2) is 16.7 Å². The number of rotatable bonds is 6. The van der Waals surface area contributed by atoms with Crippen molar-refractivity contribution in [2.24, 2.45) is 17.4 Å². The van der Waals surface area contributed by atoms with Gasteiger partial charge in [0.15, 0.2) is 0 Å². The van der Waals surface area contributed by atoms with Crippen molar-refractivity contribution in [2.45, 2.75) is 84.6 Å². The summed E-state index contributed by atoms with van der Waals surface area (Å²) in [5, 5.41) is 7.00. The summed E-state index contributed by atoms with van der Waals surface area (Å²) in [5.41, 5.74) is 11.5. The van der Waals surface area contributed by atoms with E-state index in [1.165, 1.54) is 44.9 Å². The standard InChI is InChI=1S/C12H18BrN3O.C6H13N.C4H8.CH4O/c1-3-5-16(6-4-2)12-10(11(14)17)7-9(13)8-15-12;7-6-4-2-1-3-5-6;1-4-2-3-4;1-2/h7-8H,3-6H2,1-2H3,(H2,14,17);6H,1-5,7H2;4H,2-3H2,1H3;2H,1H3. The number of aliphatic hydroxyl groups excluding tert-OH is 1. The minimum absolute atomic E-state index is 0.439. The average Bonchev–Trinajstić information content (AvgIpc) is 3.53. The molecule has 1 amide bonds. The number of aromatic nitrogens is 1. The largest absolute Gasteiger partial charge is 0.400 e. The Morgan fingerprint density at radius 2 is 1.63 bits per heavy atom. The van der Waals surface area contributed by atoms with Crippen LogP contribution in [0, 0.1) is 5.92 Å². The maximum absolute atomic E-state index is 11.4. The summed E-state index contributed by atoms with van der Waals surface area (Å²) in [4.78, 5) is 17.8. The highest BCUT2D eigenvalue weighted by Gasteiger charge is 2.16. The van der Waals surface area contributed by atoms with Crippen LogP contribution >= 0.6 is 15.9 Å². The molecule has 0 aromatic carbocycles. The number of amides is 1. The fraction of sp³-hybridized carbons (Fsp3) is 0.739. The molecular weight excluding hydrogens is 444 g/mol. The fourth-order valence-corrected chi connectivity index (χ4v) is 3.36. The molecule has 2 aliphatic carbocycles. The number of carbonyl (C=O) groups excluding carboxylic acids is 1. The molecular formula is C23H43BrN4O2. The molecule has 1 aromatic rings. The molecule has 0 spiro atoms. The summed E-state index contributed by atoms with van der Waals surface area (Å²) in [7, 11) is 1.00. The van der Waals surface area contributed by atoms with Crippen LogP contribution in [0.2, 0.25) is 0 Å². The topological polar surface area (TPSA) is 105 Å². The molecule has 30 heavy (non-hydrogen) atoms. The zero-order valence-electron chi connectivity index (χ0n) is 19.4. The molecule has 6 nitrogen and oxygen atoms in total. The average molecular weight is 488 g/mol. The smallest absolute Gasteiger partial charge is 0.252 e. The number of carbonyl (C=O) groups is 1. The van der Waals surface area contributed by atoms with Crippen LogP contribution in [-0.2, 0) is 0 Å². The van der Waals surface area contributed by atoms with Crippen molar-refractivity contribution in [3.05, 3.63) is 22.3 Å². The van der Waals surface area contributed by atoms with Gasteiger partial charge in [-0.25, -0.2) is 4.98 Å². The second kappa shape index (κ2) is 17.5. The third kappa shape index (κ3) is 13.2. The Hall–Kier alpha value is -1.18. The first-order valence-electron chi connectivity index (χ1n) is 11.3. The monoisotopic (exact) mass is 486 g/mol. The quantitative estimate of drug-likeness (QED) is 0.531. The molecule has 7 heteroatoms. The van der Waals surface area contributed by atoms with E-state index in [-0.39, 0.29) is 0 Å². The number of aliphatic hydroxyl groups is 1. The van der Waals surface area contributed by atoms with Gasteiger partial charge in [-0.2, -0.15) is 0 Å². The molecule has 2 aliphatic rings. The van der Waals surface area contributed by atoms with Crippen LogP contribution in [0.1, 0.15) is 88.9 Å². The van der Waals surface area contributed by atoms with Gasteiger partial charge in [-0.15, -0.1) is 0 Å². The second-order valence-electron chi connectivity index (χ2n) is 7.96. The van der Waals surface area contributed by atoms with Gasteiger partial charge in [0.05, 0.1) is 5.56 Å². The van der Waals surface area contributed by atoms with Crippen molar-refractivity contribution in [3.63, 3.8) is 0 Å². The van der Waals surface area contributed by atoms with Crippen molar-refractivity contribution in [1.29, 1.82) is 0 Å². The number of pyridine rings is 1. The Kier molecular flexibility index (Phi) is 16.8. The molecule has 1 aromatic heterocycles. The van der Waals surface area contributed by atoms with E-state index in [4.69, 9.17) is 16.6 Å². The summed E-state index contributed by atoms with van der Waals surface area (Å²) in [5.74, 6) is 1.33. The van der Waals surface area contributed by atoms with Gasteiger partial charge in [0.1, 0.15) is 5.82 Å². The number of hydrogen-bond donors (Lipinski definition) is 3. The first-order valence-corrected chi connectivity index (χ1v) is 12.1. The zero-order valence-corrected chi connectivity index (χ0v) is 21.0. The maximum Gasteiger partial charge on any atom is 0.252 e. The van der Waals surface area contributed by atoms with Crippen molar-refractivity contribution < 1.29 is 9.90 Å². The Morgan fingerprint density at radius 3 is 1.97 bits per heavy atom. The number of hydrogen-bond acceptors (Lipinski definition) is 5. The third-order valence-corrected chi connectivity index (χ3v) is 5.33. The summed E-state index contributed by atoms with van der Waals surface area (Å²) in [6.07, 6.45) is 13.3. The van der Waals surface area contributed by atoms with E-state index in [2.05, 4.69) is 46.6 Å². The number of nitrogens with two attached hydrogens (primary N) is 2. The predicted octanol–water partition coefficient (Wildman–Crippen LogP) is 4.87. The normalized spacial score (nSPS) is 15.4. The van der Waals surface area contributed by atoms with Crippen LogP contribution in [0.4, 0.5) is 5.82 Å². The summed E-state index contributed by atoms with van der Waals surface area (Å²) in [6, 6.07) is 2.26. The van der Waals surface area contributed by atoms with Gasteiger partial charge in [-0.05, 0) is 53.6 Å². The van der Waals surface area contributed by atoms with E-state index >= 15 is 0 Å². The highest BCUT2D eigenvalue weighted by Crippen LogP contribution is 2.26. The molecule has 0 bridgehead atoms. The summed E-state index contributed by atoms with van der Waals surface area (Å²) >= 11 is 3.30. The SMILES string of the molecule is CC1CC1.CCCN(CCC)c1ncc(Br)cc1C(N)=O.CO.NC1CCCCC1. The first kappa shape index (κ1) is 28.8. The lowest BCUT2D eigenvalue weighted by Crippen LogP contribution is -2.29. The van der Waals surface area contributed by atoms with Crippen molar-refractivity contribution >= 4 is 27.7 Å². The van der Waals surface area contributed by atoms with E-state index in [1.807, 2.05) is 0 Å². The zero-order chi connectivity index (χ0) is 22.9. The van der Waals surface area contributed by atoms with Gasteiger partial charge in [-0.3, -0.25) is 4.79 Å². The Morgan fingerprint density at radius 1 is 1.13 bits per heavy atom. The van der Waals surface area contributed by atoms with Gasteiger partial charge in [-0.1, -0.05) is 52.9 Å².